The van der Waals surface area contributed by atoms with Gasteiger partial charge in [-0.25, -0.2) is 19.6 Å². The van der Waals surface area contributed by atoms with Crippen LogP contribution in [0.2, 0.25) is 0 Å². The summed E-state index contributed by atoms with van der Waals surface area (Å²) in [6, 6.07) is 37.0. The maximum Gasteiger partial charge on any atom is 1.00 e. The van der Waals surface area contributed by atoms with Gasteiger partial charge < -0.3 is 49.4 Å². The van der Waals surface area contributed by atoms with E-state index in [-0.39, 0.29) is 59.5 Å². The Bertz CT molecular complexity index is 3360. The van der Waals surface area contributed by atoms with Gasteiger partial charge in [0.2, 0.25) is 11.8 Å². The molecule has 0 unspecified atom stereocenters. The number of carbonyl (C=O) groups is 4. The van der Waals surface area contributed by atoms with Crippen molar-refractivity contribution in [2.24, 2.45) is 0 Å². The second-order valence-electron chi connectivity index (χ2n) is 16.7. The molecule has 0 spiro atoms. The van der Waals surface area contributed by atoms with Crippen LogP contribution in [0.25, 0.3) is 19.8 Å². The molecule has 4 heterocycles. The summed E-state index contributed by atoms with van der Waals surface area (Å²) < 4.78 is 66.9. The number of amides is 4. The Morgan fingerprint density at radius 3 is 1.29 bits per heavy atom. The number of anilines is 2. The molecule has 27 heteroatoms. The van der Waals surface area contributed by atoms with Gasteiger partial charge in [0.1, 0.15) is 22.1 Å². The third-order valence-corrected chi connectivity index (χ3v) is 15.9. The molecular formula is C52H52N8NaO12S6-. The first-order valence-corrected chi connectivity index (χ1v) is 29.3. The number of carbonyl (C=O) groups excluding carboxylic acids is 4. The van der Waals surface area contributed by atoms with Gasteiger partial charge in [0, 0.05) is 40.2 Å². The van der Waals surface area contributed by atoms with E-state index in [2.05, 4.69) is 26.0 Å². The first kappa shape index (κ1) is 63.3. The molecule has 0 aliphatic rings. The van der Waals surface area contributed by atoms with Gasteiger partial charge in [-0.05, 0) is 82.3 Å². The number of methoxy groups -OCH3 is 2. The second-order valence-corrected chi connectivity index (χ2v) is 22.1. The number of nitrogens with zero attached hydrogens (tertiary/aromatic N) is 2. The number of hydrogen-bond donors (Lipinski definition) is 7. The molecular weight excluding hydrogens is 1140 g/mol. The standard InChI is InChI=1S/C26H26N4O6S3.C26H25N4O5S3.Na.H2O/c1-36-26(32)29-21(15-17-6-3-2-4-7-17)24(31)27-20(22-16-38-25(28-22)23-8-5-13-37-23)14-18-9-11-19(12-10-18)30-39(33,34)35;1-35-26(32)29-21(15-17-6-3-2-4-7-17)24(31)27-20(14-18-9-11-19(12-10-18)30-38(33)34)22-16-37-25(28-22)23-8-5-13-36-23;;/h2-13,16,20-21,30H,14-15H2,1H3,(H,27,31)(H,29,32)(H,33,34,35);2-13,16,20-21H,14-15H2,1H3,(H,27,31)(H,29,32)(H,30,33,34);;1H2/q;-1;+1;/p-1/t2*20-,21+;;/m11../s1. The van der Waals surface area contributed by atoms with Gasteiger partial charge in [0.15, 0.2) is 0 Å². The molecule has 20 nitrogen and oxygen atoms in total. The van der Waals surface area contributed by atoms with Crippen LogP contribution >= 0.6 is 45.3 Å². The van der Waals surface area contributed by atoms with Gasteiger partial charge >= 0.3 is 52.0 Å². The zero-order valence-corrected chi connectivity index (χ0v) is 49.4. The van der Waals surface area contributed by atoms with Gasteiger partial charge in [-0.2, -0.15) is 8.42 Å². The van der Waals surface area contributed by atoms with Crippen molar-refractivity contribution >= 4 is 102 Å². The van der Waals surface area contributed by atoms with Crippen LogP contribution in [-0.2, 0) is 74.4 Å². The molecule has 410 valence electrons. The van der Waals surface area contributed by atoms with E-state index in [0.717, 1.165) is 42.0 Å². The molecule has 0 fully saturated rings. The fraction of sp³-hybridized carbons (Fsp3) is 0.192. The summed E-state index contributed by atoms with van der Waals surface area (Å²) in [5, 5.41) is 20.7. The van der Waals surface area contributed by atoms with E-state index in [1.165, 1.54) is 49.0 Å². The van der Waals surface area contributed by atoms with Crippen LogP contribution < -0.4 is 60.3 Å². The molecule has 79 heavy (non-hydrogen) atoms. The van der Waals surface area contributed by atoms with Crippen LogP contribution in [0.3, 0.4) is 0 Å². The first-order valence-electron chi connectivity index (χ1n) is 23.3. The molecule has 4 aromatic heterocycles. The summed E-state index contributed by atoms with van der Waals surface area (Å²) in [5.41, 5.74) is 5.35. The van der Waals surface area contributed by atoms with Gasteiger partial charge in [0.05, 0.1) is 53.1 Å². The normalized spacial score (nSPS) is 12.3. The number of thiazole rings is 2. The minimum atomic E-state index is -4.40. The van der Waals surface area contributed by atoms with Crippen LogP contribution in [-0.4, -0.2) is 78.7 Å². The van der Waals surface area contributed by atoms with Crippen LogP contribution in [0.4, 0.5) is 21.0 Å². The van der Waals surface area contributed by atoms with Crippen molar-refractivity contribution in [2.45, 2.75) is 49.9 Å². The Hall–Kier alpha value is -6.56. The van der Waals surface area contributed by atoms with Crippen molar-refractivity contribution in [1.82, 2.24) is 31.2 Å². The molecule has 0 bridgehead atoms. The van der Waals surface area contributed by atoms with Gasteiger partial charge in [-0.15, -0.1) is 45.3 Å². The van der Waals surface area contributed by atoms with E-state index >= 15 is 0 Å². The summed E-state index contributed by atoms with van der Waals surface area (Å²) in [6.07, 6.45) is -0.165. The van der Waals surface area contributed by atoms with Gasteiger partial charge in [-0.3, -0.25) is 18.9 Å². The number of rotatable bonds is 22. The third-order valence-electron chi connectivity index (χ3n) is 11.2. The van der Waals surface area contributed by atoms with Crippen molar-refractivity contribution in [3.05, 3.63) is 189 Å². The number of ether oxygens (including phenoxy) is 2. The molecule has 0 saturated heterocycles. The zero-order chi connectivity index (χ0) is 54.7. The molecule has 0 saturated carbocycles. The number of nitrogens with one attached hydrogen (secondary N) is 6. The topological polar surface area (TPSA) is 303 Å². The van der Waals surface area contributed by atoms with E-state index < -0.39 is 63.5 Å². The molecule has 4 atom stereocenters. The van der Waals surface area contributed by atoms with Crippen molar-refractivity contribution in [3.63, 3.8) is 0 Å². The molecule has 4 aromatic carbocycles. The Balaban J connectivity index is 0.000000284. The Labute approximate surface area is 496 Å². The summed E-state index contributed by atoms with van der Waals surface area (Å²) in [6.45, 7) is 0. The number of thiophene rings is 2. The average Bonchev–Trinajstić information content (AvgIpc) is 4.32. The fourth-order valence-corrected chi connectivity index (χ4v) is 11.7. The van der Waals surface area contributed by atoms with Crippen LogP contribution in [0.1, 0.15) is 45.7 Å². The quantitative estimate of drug-likeness (QED) is 0.0227. The maximum atomic E-state index is 13.5. The number of aromatic nitrogens is 2. The largest absolute Gasteiger partial charge is 1.00 e. The molecule has 8 N–H and O–H groups in total. The minimum Gasteiger partial charge on any atom is -0.870 e. The van der Waals surface area contributed by atoms with Gasteiger partial charge in [0.25, 0.3) is 0 Å². The van der Waals surface area contributed by atoms with Crippen molar-refractivity contribution in [1.29, 1.82) is 0 Å². The first-order chi connectivity index (χ1) is 37.1. The SMILES string of the molecule is COC(=O)N[C@@H](Cc1ccccc1)C(=O)N[C@H](Cc1ccc(NS(=O)(=O)O)cc1)c1csc(-c2cccs2)n1.COC(=O)N[C@@H](Cc1ccccc1)C(=O)N[C@H](Cc1ccc(N[S-](=O)=O)cc1)c1csc(-c2cccs2)n1.[Na+].[OH-]. The summed E-state index contributed by atoms with van der Waals surface area (Å²) in [7, 11) is -4.34. The predicted octanol–water partition coefficient (Wildman–Crippen LogP) is 6.16. The van der Waals surface area contributed by atoms with Crippen molar-refractivity contribution in [2.75, 3.05) is 23.7 Å². The minimum absolute atomic E-state index is 0. The molecule has 0 radical (unpaired) electrons. The molecule has 8 aromatic rings. The molecule has 8 rings (SSSR count). The van der Waals surface area contributed by atoms with E-state index in [4.69, 9.17) is 24.0 Å². The summed E-state index contributed by atoms with van der Waals surface area (Å²) in [4.78, 5) is 62.7. The maximum absolute atomic E-state index is 13.5. The van der Waals surface area contributed by atoms with Gasteiger partial charge in [-0.1, -0.05) is 97.1 Å². The Morgan fingerprint density at radius 1 is 0.544 bits per heavy atom. The van der Waals surface area contributed by atoms with E-state index in [1.807, 2.05) is 111 Å². The van der Waals surface area contributed by atoms with E-state index in [1.54, 1.807) is 59.1 Å². The smallest absolute Gasteiger partial charge is 0.870 e. The Kier molecular flexibility index (Phi) is 25.1. The van der Waals surface area contributed by atoms with Crippen LogP contribution in [0.15, 0.2) is 155 Å². The number of alkyl carbamates (subject to hydrolysis) is 2. The number of benzene rings is 4. The number of hydrogen-bond acceptors (Lipinski definition) is 18. The second kappa shape index (κ2) is 31.3. The van der Waals surface area contributed by atoms with Crippen molar-refractivity contribution in [3.8, 4) is 19.8 Å². The van der Waals surface area contributed by atoms with E-state index in [9.17, 15) is 36.0 Å². The van der Waals surface area contributed by atoms with Crippen LogP contribution in [0.5, 0.6) is 0 Å². The summed E-state index contributed by atoms with van der Waals surface area (Å²) >= 11 is 6.09. The molecule has 0 aliphatic carbocycles. The Morgan fingerprint density at radius 2 is 0.937 bits per heavy atom. The van der Waals surface area contributed by atoms with Crippen LogP contribution in [0, 0.1) is 0 Å². The van der Waals surface area contributed by atoms with Crippen molar-refractivity contribution < 1.29 is 85.1 Å². The third kappa shape index (κ3) is 20.2. The molecule has 0 aliphatic heterocycles. The average molecular weight is 1200 g/mol. The van der Waals surface area contributed by atoms with E-state index in [0.29, 0.717) is 29.9 Å². The zero-order valence-electron chi connectivity index (χ0n) is 42.5. The predicted molar refractivity (Wildman–Crippen MR) is 301 cm³/mol. The monoisotopic (exact) mass is 1200 g/mol. The molecule has 4 amide bonds. The fourth-order valence-electron chi connectivity index (χ4n) is 7.58. The summed E-state index contributed by atoms with van der Waals surface area (Å²) in [5.74, 6) is -0.792.